The van der Waals surface area contributed by atoms with Crippen LogP contribution in [0.25, 0.3) is 16.6 Å². The number of rotatable bonds is 4. The number of para-hydroxylation sites is 1. The van der Waals surface area contributed by atoms with Gasteiger partial charge in [0.15, 0.2) is 0 Å². The normalized spacial score (nSPS) is 15.1. The average Bonchev–Trinajstić information content (AvgIpc) is 3.22. The number of piperazine rings is 1. The van der Waals surface area contributed by atoms with Crippen molar-refractivity contribution in [2.75, 3.05) is 31.1 Å². The molecule has 152 valence electrons. The zero-order chi connectivity index (χ0) is 20.5. The highest BCUT2D eigenvalue weighted by Gasteiger charge is 2.20. The van der Waals surface area contributed by atoms with E-state index in [1.165, 1.54) is 5.69 Å². The molecule has 4 aromatic rings. The van der Waals surface area contributed by atoms with E-state index in [0.29, 0.717) is 10.0 Å². The highest BCUT2D eigenvalue weighted by Crippen LogP contribution is 2.28. The molecule has 3 heterocycles. The second kappa shape index (κ2) is 8.22. The molecule has 0 saturated carbocycles. The summed E-state index contributed by atoms with van der Waals surface area (Å²) in [4.78, 5) is 9.27. The number of nitrogens with zero attached hydrogens (tertiary/aromatic N) is 6. The molecule has 2 aromatic carbocycles. The molecule has 1 aliphatic rings. The van der Waals surface area contributed by atoms with E-state index >= 15 is 0 Å². The van der Waals surface area contributed by atoms with Gasteiger partial charge in [0, 0.05) is 55.0 Å². The smallest absolute Gasteiger partial charge is 0.0971 e. The van der Waals surface area contributed by atoms with Crippen LogP contribution in [0.2, 0.25) is 10.0 Å². The molecule has 30 heavy (non-hydrogen) atoms. The SMILES string of the molecule is Clc1ccc2c(N3CCN(Cc4cn(-c5ccccc5Cl)nn4)CC3)ccnc2c1. The first kappa shape index (κ1) is 19.3. The first-order valence-corrected chi connectivity index (χ1v) is 10.6. The summed E-state index contributed by atoms with van der Waals surface area (Å²) in [6.07, 6.45) is 3.81. The van der Waals surface area contributed by atoms with Crippen LogP contribution in [0.1, 0.15) is 5.69 Å². The summed E-state index contributed by atoms with van der Waals surface area (Å²) in [5.41, 5.74) is 3.92. The Morgan fingerprint density at radius 2 is 1.73 bits per heavy atom. The van der Waals surface area contributed by atoms with Crippen LogP contribution in [0, 0.1) is 0 Å². The Labute approximate surface area is 184 Å². The summed E-state index contributed by atoms with van der Waals surface area (Å²) in [6.45, 7) is 4.57. The van der Waals surface area contributed by atoms with Crippen LogP contribution < -0.4 is 4.90 Å². The van der Waals surface area contributed by atoms with Gasteiger partial charge in [-0.05, 0) is 36.4 Å². The minimum Gasteiger partial charge on any atom is -0.368 e. The molecule has 6 nitrogen and oxygen atoms in total. The fourth-order valence-corrected chi connectivity index (χ4v) is 4.27. The Kier molecular flexibility index (Phi) is 5.29. The molecule has 0 radical (unpaired) electrons. The van der Waals surface area contributed by atoms with Crippen molar-refractivity contribution in [2.24, 2.45) is 0 Å². The second-order valence-corrected chi connectivity index (χ2v) is 8.20. The molecule has 0 atom stereocenters. The molecule has 0 unspecified atom stereocenters. The van der Waals surface area contributed by atoms with E-state index in [1.807, 2.05) is 48.8 Å². The monoisotopic (exact) mass is 438 g/mol. The number of halogens is 2. The highest BCUT2D eigenvalue weighted by atomic mass is 35.5. The van der Waals surface area contributed by atoms with Gasteiger partial charge in [0.2, 0.25) is 0 Å². The average molecular weight is 439 g/mol. The van der Waals surface area contributed by atoms with Gasteiger partial charge in [0.05, 0.1) is 28.1 Å². The fraction of sp³-hybridized carbons (Fsp3) is 0.227. The van der Waals surface area contributed by atoms with E-state index in [0.717, 1.165) is 55.0 Å². The lowest BCUT2D eigenvalue weighted by Gasteiger charge is -2.36. The molecule has 0 N–H and O–H groups in total. The Balaban J connectivity index is 1.26. The molecule has 2 aromatic heterocycles. The Morgan fingerprint density at radius 3 is 2.57 bits per heavy atom. The maximum Gasteiger partial charge on any atom is 0.0971 e. The lowest BCUT2D eigenvalue weighted by molar-refractivity contribution is 0.247. The van der Waals surface area contributed by atoms with Crippen molar-refractivity contribution in [3.63, 3.8) is 0 Å². The quantitative estimate of drug-likeness (QED) is 0.471. The zero-order valence-electron chi connectivity index (χ0n) is 16.2. The minimum atomic E-state index is 0.661. The molecule has 8 heteroatoms. The fourth-order valence-electron chi connectivity index (χ4n) is 3.88. The minimum absolute atomic E-state index is 0.661. The Hall–Kier alpha value is -2.67. The third kappa shape index (κ3) is 3.86. The van der Waals surface area contributed by atoms with Crippen LogP contribution in [-0.4, -0.2) is 51.1 Å². The summed E-state index contributed by atoms with van der Waals surface area (Å²) in [5.74, 6) is 0. The van der Waals surface area contributed by atoms with Gasteiger partial charge in [-0.15, -0.1) is 5.10 Å². The number of hydrogen-bond acceptors (Lipinski definition) is 5. The van der Waals surface area contributed by atoms with Crippen LogP contribution in [0.3, 0.4) is 0 Å². The summed E-state index contributed by atoms with van der Waals surface area (Å²) in [7, 11) is 0. The third-order valence-electron chi connectivity index (χ3n) is 5.42. The van der Waals surface area contributed by atoms with Crippen LogP contribution in [0.15, 0.2) is 60.9 Å². The maximum atomic E-state index is 6.27. The van der Waals surface area contributed by atoms with Gasteiger partial charge in [-0.25, -0.2) is 4.68 Å². The predicted octanol–water partition coefficient (Wildman–Crippen LogP) is 4.44. The topological polar surface area (TPSA) is 50.1 Å². The number of aromatic nitrogens is 4. The van der Waals surface area contributed by atoms with Crippen LogP contribution in [0.4, 0.5) is 5.69 Å². The van der Waals surface area contributed by atoms with Crippen molar-refractivity contribution in [3.8, 4) is 5.69 Å². The van der Waals surface area contributed by atoms with Crippen molar-refractivity contribution in [1.82, 2.24) is 24.9 Å². The van der Waals surface area contributed by atoms with Crippen molar-refractivity contribution >= 4 is 39.8 Å². The zero-order valence-corrected chi connectivity index (χ0v) is 17.8. The summed E-state index contributed by atoms with van der Waals surface area (Å²) < 4.78 is 1.74. The van der Waals surface area contributed by atoms with Gasteiger partial charge in [0.1, 0.15) is 0 Å². The number of pyridine rings is 1. The largest absolute Gasteiger partial charge is 0.368 e. The molecule has 0 spiro atoms. The first-order chi connectivity index (χ1) is 14.7. The van der Waals surface area contributed by atoms with E-state index in [4.69, 9.17) is 23.2 Å². The first-order valence-electron chi connectivity index (χ1n) is 9.85. The molecule has 0 bridgehead atoms. The standard InChI is InChI=1S/C22H20Cl2N6/c23-16-5-6-18-20(13-16)25-8-7-21(18)29-11-9-28(10-12-29)14-17-15-30(27-26-17)22-4-2-1-3-19(22)24/h1-8,13,15H,9-12,14H2. The van der Waals surface area contributed by atoms with Gasteiger partial charge in [0.25, 0.3) is 0 Å². The number of fused-ring (bicyclic) bond motifs is 1. The van der Waals surface area contributed by atoms with E-state index in [-0.39, 0.29) is 0 Å². The van der Waals surface area contributed by atoms with Crippen molar-refractivity contribution in [2.45, 2.75) is 6.54 Å². The maximum absolute atomic E-state index is 6.27. The molecular weight excluding hydrogens is 419 g/mol. The molecule has 0 amide bonds. The summed E-state index contributed by atoms with van der Waals surface area (Å²) in [5, 5.41) is 11.1. The van der Waals surface area contributed by atoms with E-state index in [9.17, 15) is 0 Å². The summed E-state index contributed by atoms with van der Waals surface area (Å²) in [6, 6.07) is 15.6. The highest BCUT2D eigenvalue weighted by molar-refractivity contribution is 6.32. The molecule has 5 rings (SSSR count). The van der Waals surface area contributed by atoms with E-state index < -0.39 is 0 Å². The molecule has 1 fully saturated rings. The molecule has 1 saturated heterocycles. The number of hydrogen-bond donors (Lipinski definition) is 0. The van der Waals surface area contributed by atoms with Gasteiger partial charge in [-0.3, -0.25) is 9.88 Å². The van der Waals surface area contributed by atoms with Crippen LogP contribution in [0.5, 0.6) is 0 Å². The van der Waals surface area contributed by atoms with Gasteiger partial charge in [-0.1, -0.05) is 40.5 Å². The van der Waals surface area contributed by atoms with Crippen molar-refractivity contribution in [3.05, 3.63) is 76.7 Å². The Bertz CT molecular complexity index is 1180. The van der Waals surface area contributed by atoms with Crippen molar-refractivity contribution < 1.29 is 0 Å². The van der Waals surface area contributed by atoms with Gasteiger partial charge < -0.3 is 4.90 Å². The van der Waals surface area contributed by atoms with Crippen LogP contribution in [-0.2, 0) is 6.54 Å². The molecule has 0 aliphatic carbocycles. The predicted molar refractivity (Wildman–Crippen MR) is 121 cm³/mol. The van der Waals surface area contributed by atoms with Crippen LogP contribution >= 0.6 is 23.2 Å². The Morgan fingerprint density at radius 1 is 0.900 bits per heavy atom. The lowest BCUT2D eigenvalue weighted by Crippen LogP contribution is -2.46. The van der Waals surface area contributed by atoms with E-state index in [1.54, 1.807) is 4.68 Å². The second-order valence-electron chi connectivity index (χ2n) is 7.36. The lowest BCUT2D eigenvalue weighted by atomic mass is 10.1. The number of benzene rings is 2. The van der Waals surface area contributed by atoms with E-state index in [2.05, 4.69) is 37.2 Å². The van der Waals surface area contributed by atoms with Crippen molar-refractivity contribution in [1.29, 1.82) is 0 Å². The molecule has 1 aliphatic heterocycles. The number of anilines is 1. The third-order valence-corrected chi connectivity index (χ3v) is 5.98. The van der Waals surface area contributed by atoms with Gasteiger partial charge in [-0.2, -0.15) is 0 Å². The summed E-state index contributed by atoms with van der Waals surface area (Å²) >= 11 is 12.4. The van der Waals surface area contributed by atoms with Gasteiger partial charge >= 0.3 is 0 Å². The molecular formula is C22H20Cl2N6.